The van der Waals surface area contributed by atoms with Crippen LogP contribution in [0, 0.1) is 10.4 Å². The fourth-order valence-corrected chi connectivity index (χ4v) is 0.877. The van der Waals surface area contributed by atoms with Crippen molar-refractivity contribution in [1.29, 1.82) is 0 Å². The van der Waals surface area contributed by atoms with Gasteiger partial charge in [-0.25, -0.2) is 4.74 Å². The highest BCUT2D eigenvalue weighted by Gasteiger charge is 2.18. The van der Waals surface area contributed by atoms with E-state index in [0.29, 0.717) is 10.3 Å². The first-order chi connectivity index (χ1) is 6.39. The van der Waals surface area contributed by atoms with E-state index in [0.717, 1.165) is 4.74 Å². The summed E-state index contributed by atoms with van der Waals surface area (Å²) in [6.45, 7) is 5.43. The number of hydroxylamine groups is 1. The largest absolute Gasteiger partial charge is 0.623 e. The molecule has 0 spiro atoms. The second-order valence-corrected chi connectivity index (χ2v) is 4.12. The Morgan fingerprint density at radius 2 is 2.07 bits per heavy atom. The topological polar surface area (TPSA) is 53.0 Å². The standard InChI is InChI=1S/C10H14N2O2/c1-10(2,3)12(14)8-9-5-4-6-11(13)7-9/h4-8H,1-3H3/b12-8+. The van der Waals surface area contributed by atoms with Crippen molar-refractivity contribution in [2.24, 2.45) is 0 Å². The lowest BCUT2D eigenvalue weighted by molar-refractivity contribution is -0.605. The molecule has 0 radical (unpaired) electrons. The summed E-state index contributed by atoms with van der Waals surface area (Å²) in [5.74, 6) is 0. The van der Waals surface area contributed by atoms with E-state index in [1.54, 1.807) is 12.1 Å². The second-order valence-electron chi connectivity index (χ2n) is 4.12. The smallest absolute Gasteiger partial charge is 0.193 e. The van der Waals surface area contributed by atoms with Gasteiger partial charge in [0, 0.05) is 26.8 Å². The van der Waals surface area contributed by atoms with Crippen LogP contribution in [0.1, 0.15) is 26.3 Å². The third kappa shape index (κ3) is 2.73. The minimum Gasteiger partial charge on any atom is -0.623 e. The fraction of sp³-hybridized carbons (Fsp3) is 0.400. The number of hydrogen-bond acceptors (Lipinski definition) is 2. The highest BCUT2D eigenvalue weighted by Crippen LogP contribution is 2.05. The van der Waals surface area contributed by atoms with Crippen LogP contribution >= 0.6 is 0 Å². The molecular formula is C10H14N2O2. The minimum atomic E-state index is -0.483. The van der Waals surface area contributed by atoms with Crippen molar-refractivity contribution in [3.8, 4) is 0 Å². The molecule has 0 aliphatic carbocycles. The van der Waals surface area contributed by atoms with Crippen LogP contribution in [0.5, 0.6) is 0 Å². The van der Waals surface area contributed by atoms with Gasteiger partial charge in [-0.2, -0.15) is 4.73 Å². The average Bonchev–Trinajstić information content (AvgIpc) is 2.02. The Morgan fingerprint density at radius 1 is 1.43 bits per heavy atom. The molecule has 0 aliphatic heterocycles. The number of pyridine rings is 1. The summed E-state index contributed by atoms with van der Waals surface area (Å²) in [7, 11) is 0. The molecule has 0 saturated carbocycles. The molecule has 4 nitrogen and oxygen atoms in total. The van der Waals surface area contributed by atoms with Gasteiger partial charge in [-0.05, 0) is 6.07 Å². The van der Waals surface area contributed by atoms with Crippen molar-refractivity contribution in [2.45, 2.75) is 26.3 Å². The summed E-state index contributed by atoms with van der Waals surface area (Å²) >= 11 is 0. The van der Waals surface area contributed by atoms with E-state index < -0.39 is 5.54 Å². The van der Waals surface area contributed by atoms with Crippen LogP contribution in [-0.2, 0) is 0 Å². The first-order valence-electron chi connectivity index (χ1n) is 4.40. The molecule has 1 rings (SSSR count). The van der Waals surface area contributed by atoms with Crippen molar-refractivity contribution < 1.29 is 9.47 Å². The van der Waals surface area contributed by atoms with Crippen LogP contribution in [0.2, 0.25) is 0 Å². The van der Waals surface area contributed by atoms with Gasteiger partial charge >= 0.3 is 0 Å². The van der Waals surface area contributed by atoms with Crippen LogP contribution in [0.25, 0.3) is 0 Å². The molecular weight excluding hydrogens is 180 g/mol. The van der Waals surface area contributed by atoms with E-state index in [4.69, 9.17) is 0 Å². The third-order valence-corrected chi connectivity index (χ3v) is 1.73. The third-order valence-electron chi connectivity index (χ3n) is 1.73. The molecule has 0 bridgehead atoms. The molecule has 0 fully saturated rings. The summed E-state index contributed by atoms with van der Waals surface area (Å²) in [5.41, 5.74) is 0.122. The van der Waals surface area contributed by atoms with Crippen molar-refractivity contribution in [2.75, 3.05) is 0 Å². The van der Waals surface area contributed by atoms with E-state index in [2.05, 4.69) is 0 Å². The maximum absolute atomic E-state index is 11.5. The SMILES string of the molecule is CC(C)(C)/[N+]([O-])=C\c1ccc[n+]([O-])c1. The van der Waals surface area contributed by atoms with Gasteiger partial charge in [-0.15, -0.1) is 0 Å². The zero-order valence-electron chi connectivity index (χ0n) is 8.60. The highest BCUT2D eigenvalue weighted by atomic mass is 16.5. The van der Waals surface area contributed by atoms with Gasteiger partial charge in [0.05, 0.1) is 0 Å². The van der Waals surface area contributed by atoms with Crippen LogP contribution in [0.15, 0.2) is 24.5 Å². The van der Waals surface area contributed by atoms with Crippen molar-refractivity contribution in [3.05, 3.63) is 40.5 Å². The lowest BCUT2D eigenvalue weighted by atomic mass is 10.1. The van der Waals surface area contributed by atoms with Gasteiger partial charge < -0.3 is 10.4 Å². The Bertz CT molecular complexity index is 353. The Hall–Kier alpha value is -1.58. The van der Waals surface area contributed by atoms with E-state index in [9.17, 15) is 10.4 Å². The van der Waals surface area contributed by atoms with Crippen LogP contribution in [0.3, 0.4) is 0 Å². The van der Waals surface area contributed by atoms with Crippen molar-refractivity contribution >= 4 is 6.21 Å². The van der Waals surface area contributed by atoms with E-state index >= 15 is 0 Å². The molecule has 0 unspecified atom stereocenters. The summed E-state index contributed by atoms with van der Waals surface area (Å²) < 4.78 is 1.50. The summed E-state index contributed by atoms with van der Waals surface area (Å²) in [5, 5.41) is 22.4. The van der Waals surface area contributed by atoms with Crippen LogP contribution in [0.4, 0.5) is 0 Å². The monoisotopic (exact) mass is 194 g/mol. The first-order valence-corrected chi connectivity index (χ1v) is 4.40. The number of nitrogens with zero attached hydrogens (tertiary/aromatic N) is 2. The number of rotatable bonds is 1. The summed E-state index contributed by atoms with van der Waals surface area (Å²) in [6.07, 6.45) is 4.15. The molecule has 0 aliphatic rings. The summed E-state index contributed by atoms with van der Waals surface area (Å²) in [6, 6.07) is 3.32. The van der Waals surface area contributed by atoms with Crippen molar-refractivity contribution in [1.82, 2.24) is 0 Å². The van der Waals surface area contributed by atoms with E-state index in [1.165, 1.54) is 18.6 Å². The van der Waals surface area contributed by atoms with Gasteiger partial charge in [0.25, 0.3) is 0 Å². The summed E-state index contributed by atoms with van der Waals surface area (Å²) in [4.78, 5) is 0. The van der Waals surface area contributed by atoms with Gasteiger partial charge in [0.15, 0.2) is 24.1 Å². The quantitative estimate of drug-likeness (QED) is 0.290. The molecule has 1 aromatic rings. The molecule has 1 heterocycles. The van der Waals surface area contributed by atoms with Crippen LogP contribution < -0.4 is 4.73 Å². The molecule has 0 aromatic carbocycles. The van der Waals surface area contributed by atoms with E-state index in [1.807, 2.05) is 20.8 Å². The highest BCUT2D eigenvalue weighted by molar-refractivity contribution is 5.74. The lowest BCUT2D eigenvalue weighted by Gasteiger charge is -2.18. The Morgan fingerprint density at radius 3 is 2.57 bits per heavy atom. The maximum Gasteiger partial charge on any atom is 0.193 e. The molecule has 14 heavy (non-hydrogen) atoms. The Labute approximate surface area is 83.3 Å². The molecule has 0 saturated heterocycles. The normalized spacial score (nSPS) is 12.9. The lowest BCUT2D eigenvalue weighted by Crippen LogP contribution is -2.30. The predicted octanol–water partition coefficient (Wildman–Crippen LogP) is 1.05. The van der Waals surface area contributed by atoms with Gasteiger partial charge in [0.2, 0.25) is 0 Å². The molecule has 1 aromatic heterocycles. The number of hydrogen-bond donors (Lipinski definition) is 0. The van der Waals surface area contributed by atoms with E-state index in [-0.39, 0.29) is 0 Å². The van der Waals surface area contributed by atoms with Crippen molar-refractivity contribution in [3.63, 3.8) is 0 Å². The molecule has 76 valence electrons. The van der Waals surface area contributed by atoms with Gasteiger partial charge in [0.1, 0.15) is 5.56 Å². The molecule has 4 heteroatoms. The molecule has 0 N–H and O–H groups in total. The Balaban J connectivity index is 2.98. The molecule has 0 atom stereocenters. The molecule has 0 amide bonds. The first kappa shape index (κ1) is 10.5. The van der Waals surface area contributed by atoms with Gasteiger partial charge in [-0.1, -0.05) is 0 Å². The van der Waals surface area contributed by atoms with Crippen LogP contribution in [-0.4, -0.2) is 16.5 Å². The fourth-order valence-electron chi connectivity index (χ4n) is 0.877. The number of aromatic nitrogens is 1. The maximum atomic E-state index is 11.5. The zero-order valence-corrected chi connectivity index (χ0v) is 8.60. The predicted molar refractivity (Wildman–Crippen MR) is 53.9 cm³/mol. The van der Waals surface area contributed by atoms with Gasteiger partial charge in [-0.3, -0.25) is 0 Å². The second kappa shape index (κ2) is 3.65. The minimum absolute atomic E-state index is 0.483. The zero-order chi connectivity index (χ0) is 10.8. The average molecular weight is 194 g/mol. The Kier molecular flexibility index (Phi) is 2.74.